The van der Waals surface area contributed by atoms with Crippen molar-refractivity contribution in [2.75, 3.05) is 13.7 Å². The van der Waals surface area contributed by atoms with Crippen LogP contribution in [0.2, 0.25) is 0 Å². The minimum Gasteiger partial charge on any atom is -0.497 e. The lowest BCUT2D eigenvalue weighted by Crippen LogP contribution is -2.31. The molecule has 0 saturated carbocycles. The summed E-state index contributed by atoms with van der Waals surface area (Å²) in [6, 6.07) is 5.74. The molecular formula is C16H19N3O2. The predicted octanol–water partition coefficient (Wildman–Crippen LogP) is 2.20. The molecule has 0 radical (unpaired) electrons. The van der Waals surface area contributed by atoms with Gasteiger partial charge in [-0.1, -0.05) is 12.2 Å². The number of hydrogen-bond donors (Lipinski definition) is 2. The maximum Gasteiger partial charge on any atom is 0.223 e. The van der Waals surface area contributed by atoms with Gasteiger partial charge in [0.2, 0.25) is 5.91 Å². The van der Waals surface area contributed by atoms with E-state index in [1.54, 1.807) is 7.11 Å². The minimum absolute atomic E-state index is 0.116. The Morgan fingerprint density at radius 2 is 2.24 bits per heavy atom. The summed E-state index contributed by atoms with van der Waals surface area (Å²) in [6.07, 6.45) is 6.54. The summed E-state index contributed by atoms with van der Waals surface area (Å²) in [5, 5.41) is 2.98. The number of methoxy groups -OCH3 is 1. The van der Waals surface area contributed by atoms with E-state index in [1.165, 1.54) is 0 Å². The van der Waals surface area contributed by atoms with E-state index in [9.17, 15) is 4.79 Å². The third-order valence-electron chi connectivity index (χ3n) is 3.78. The minimum atomic E-state index is 0.116. The molecule has 1 aromatic heterocycles. The number of allylic oxidation sites excluding steroid dienone is 2. The van der Waals surface area contributed by atoms with Crippen molar-refractivity contribution in [2.24, 2.45) is 5.92 Å². The van der Waals surface area contributed by atoms with Crippen LogP contribution >= 0.6 is 0 Å². The van der Waals surface area contributed by atoms with Gasteiger partial charge in [0.15, 0.2) is 0 Å². The monoisotopic (exact) mass is 285 g/mol. The molecule has 0 aliphatic heterocycles. The number of nitrogens with zero attached hydrogens (tertiary/aromatic N) is 1. The van der Waals surface area contributed by atoms with E-state index < -0.39 is 0 Å². The molecule has 1 aromatic carbocycles. The summed E-state index contributed by atoms with van der Waals surface area (Å²) in [5.74, 6) is 1.94. The van der Waals surface area contributed by atoms with Crippen LogP contribution in [0.3, 0.4) is 0 Å². The van der Waals surface area contributed by atoms with Gasteiger partial charge in [-0.15, -0.1) is 0 Å². The Balaban J connectivity index is 1.56. The molecule has 5 nitrogen and oxygen atoms in total. The molecule has 0 saturated heterocycles. The van der Waals surface area contributed by atoms with E-state index in [2.05, 4.69) is 27.4 Å². The molecule has 5 heteroatoms. The van der Waals surface area contributed by atoms with E-state index in [0.29, 0.717) is 13.0 Å². The quantitative estimate of drug-likeness (QED) is 0.828. The number of H-pyrrole nitrogens is 1. The van der Waals surface area contributed by atoms with Crippen molar-refractivity contribution >= 4 is 16.9 Å². The SMILES string of the molecule is COc1ccc2nc(CCNC(=O)C3CC=CC3)[nH]c2c1. The summed E-state index contributed by atoms with van der Waals surface area (Å²) in [4.78, 5) is 19.7. The molecule has 0 bridgehead atoms. The Morgan fingerprint density at radius 1 is 1.43 bits per heavy atom. The van der Waals surface area contributed by atoms with Gasteiger partial charge in [0.25, 0.3) is 0 Å². The zero-order valence-corrected chi connectivity index (χ0v) is 12.1. The molecule has 1 aliphatic rings. The fraction of sp³-hybridized carbons (Fsp3) is 0.375. The normalized spacial score (nSPS) is 14.7. The van der Waals surface area contributed by atoms with Crippen LogP contribution in [0, 0.1) is 5.92 Å². The predicted molar refractivity (Wildman–Crippen MR) is 81.2 cm³/mol. The van der Waals surface area contributed by atoms with Gasteiger partial charge in [0.1, 0.15) is 11.6 Å². The van der Waals surface area contributed by atoms with Crippen LogP contribution in [0.4, 0.5) is 0 Å². The summed E-state index contributed by atoms with van der Waals surface area (Å²) in [5.41, 5.74) is 1.87. The molecule has 110 valence electrons. The Morgan fingerprint density at radius 3 is 3.00 bits per heavy atom. The van der Waals surface area contributed by atoms with Crippen molar-refractivity contribution < 1.29 is 9.53 Å². The van der Waals surface area contributed by atoms with Crippen LogP contribution in [0.5, 0.6) is 5.75 Å². The first-order valence-electron chi connectivity index (χ1n) is 7.21. The zero-order chi connectivity index (χ0) is 14.7. The molecule has 21 heavy (non-hydrogen) atoms. The number of amides is 1. The Labute approximate surface area is 123 Å². The number of aromatic nitrogens is 2. The highest BCUT2D eigenvalue weighted by atomic mass is 16.5. The number of ether oxygens (including phenoxy) is 1. The van der Waals surface area contributed by atoms with Gasteiger partial charge in [-0.25, -0.2) is 4.98 Å². The molecule has 0 atom stereocenters. The average Bonchev–Trinajstić information content (AvgIpc) is 3.15. The number of rotatable bonds is 5. The van der Waals surface area contributed by atoms with Crippen LogP contribution in [-0.2, 0) is 11.2 Å². The molecule has 1 heterocycles. The number of benzene rings is 1. The van der Waals surface area contributed by atoms with Gasteiger partial charge < -0.3 is 15.0 Å². The van der Waals surface area contributed by atoms with Crippen LogP contribution < -0.4 is 10.1 Å². The number of aromatic amines is 1. The van der Waals surface area contributed by atoms with Gasteiger partial charge in [0.05, 0.1) is 18.1 Å². The highest BCUT2D eigenvalue weighted by Gasteiger charge is 2.18. The smallest absolute Gasteiger partial charge is 0.223 e. The van der Waals surface area contributed by atoms with E-state index in [4.69, 9.17) is 4.74 Å². The lowest BCUT2D eigenvalue weighted by molar-refractivity contribution is -0.124. The average molecular weight is 285 g/mol. The molecular weight excluding hydrogens is 266 g/mol. The summed E-state index contributed by atoms with van der Waals surface area (Å²) in [7, 11) is 1.64. The third-order valence-corrected chi connectivity index (χ3v) is 3.78. The maximum atomic E-state index is 11.9. The fourth-order valence-electron chi connectivity index (χ4n) is 2.57. The van der Waals surface area contributed by atoms with E-state index in [-0.39, 0.29) is 11.8 Å². The van der Waals surface area contributed by atoms with E-state index >= 15 is 0 Å². The molecule has 0 unspecified atom stereocenters. The van der Waals surface area contributed by atoms with Gasteiger partial charge in [-0.3, -0.25) is 4.79 Å². The Kier molecular flexibility index (Phi) is 3.90. The van der Waals surface area contributed by atoms with Gasteiger partial charge >= 0.3 is 0 Å². The number of nitrogens with one attached hydrogen (secondary N) is 2. The van der Waals surface area contributed by atoms with Crippen LogP contribution in [0.25, 0.3) is 11.0 Å². The summed E-state index contributed by atoms with van der Waals surface area (Å²) >= 11 is 0. The highest BCUT2D eigenvalue weighted by molar-refractivity contribution is 5.79. The van der Waals surface area contributed by atoms with Crippen molar-refractivity contribution in [1.82, 2.24) is 15.3 Å². The molecule has 2 N–H and O–H groups in total. The molecule has 0 spiro atoms. The molecule has 0 fully saturated rings. The van der Waals surface area contributed by atoms with Crippen LogP contribution in [0.1, 0.15) is 18.7 Å². The first kappa shape index (κ1) is 13.7. The number of fused-ring (bicyclic) bond motifs is 1. The first-order valence-corrected chi connectivity index (χ1v) is 7.21. The van der Waals surface area contributed by atoms with Gasteiger partial charge in [0, 0.05) is 24.9 Å². The second kappa shape index (κ2) is 5.99. The Bertz CT molecular complexity index is 667. The molecule has 2 aromatic rings. The van der Waals surface area contributed by atoms with Crippen molar-refractivity contribution in [3.63, 3.8) is 0 Å². The lowest BCUT2D eigenvalue weighted by Gasteiger charge is -2.09. The Hall–Kier alpha value is -2.30. The number of carbonyl (C=O) groups excluding carboxylic acids is 1. The summed E-state index contributed by atoms with van der Waals surface area (Å²) in [6.45, 7) is 0.603. The lowest BCUT2D eigenvalue weighted by atomic mass is 10.1. The standard InChI is InChI=1S/C16H19N3O2/c1-21-12-6-7-13-14(10-12)19-15(18-13)8-9-17-16(20)11-4-2-3-5-11/h2-3,6-7,10-11H,4-5,8-9H2,1H3,(H,17,20)(H,18,19). The van der Waals surface area contributed by atoms with Gasteiger partial charge in [-0.2, -0.15) is 0 Å². The highest BCUT2D eigenvalue weighted by Crippen LogP contribution is 2.19. The largest absolute Gasteiger partial charge is 0.497 e. The number of carbonyl (C=O) groups is 1. The molecule has 1 aliphatic carbocycles. The van der Waals surface area contributed by atoms with Crippen LogP contribution in [0.15, 0.2) is 30.4 Å². The first-order chi connectivity index (χ1) is 10.3. The molecule has 3 rings (SSSR count). The summed E-state index contributed by atoms with van der Waals surface area (Å²) < 4.78 is 5.19. The van der Waals surface area contributed by atoms with Crippen molar-refractivity contribution in [1.29, 1.82) is 0 Å². The number of hydrogen-bond acceptors (Lipinski definition) is 3. The van der Waals surface area contributed by atoms with Crippen LogP contribution in [-0.4, -0.2) is 29.5 Å². The van der Waals surface area contributed by atoms with Crippen molar-refractivity contribution in [3.8, 4) is 5.75 Å². The number of imidazole rings is 1. The maximum absolute atomic E-state index is 11.9. The zero-order valence-electron chi connectivity index (χ0n) is 12.1. The van der Waals surface area contributed by atoms with Gasteiger partial charge in [-0.05, 0) is 25.0 Å². The second-order valence-corrected chi connectivity index (χ2v) is 5.25. The van der Waals surface area contributed by atoms with E-state index in [1.807, 2.05) is 18.2 Å². The third kappa shape index (κ3) is 3.07. The van der Waals surface area contributed by atoms with Crippen molar-refractivity contribution in [2.45, 2.75) is 19.3 Å². The van der Waals surface area contributed by atoms with Crippen molar-refractivity contribution in [3.05, 3.63) is 36.2 Å². The van der Waals surface area contributed by atoms with E-state index in [0.717, 1.165) is 35.4 Å². The molecule has 1 amide bonds. The fourth-order valence-corrected chi connectivity index (χ4v) is 2.57. The topological polar surface area (TPSA) is 67.0 Å². The second-order valence-electron chi connectivity index (χ2n) is 5.25.